The number of rotatable bonds is 5. The van der Waals surface area contributed by atoms with Gasteiger partial charge in [-0.25, -0.2) is 0 Å². The van der Waals surface area contributed by atoms with Gasteiger partial charge in [-0.2, -0.15) is 0 Å². The second-order valence-electron chi connectivity index (χ2n) is 4.83. The van der Waals surface area contributed by atoms with Crippen molar-refractivity contribution in [2.24, 2.45) is 5.92 Å². The molecule has 2 heteroatoms. The Kier molecular flexibility index (Phi) is 4.34. The van der Waals surface area contributed by atoms with E-state index in [4.69, 9.17) is 0 Å². The summed E-state index contributed by atoms with van der Waals surface area (Å²) in [6.45, 7) is 0. The van der Waals surface area contributed by atoms with Crippen molar-refractivity contribution in [3.05, 3.63) is 30.1 Å². The Labute approximate surface area is 97.7 Å². The Balaban J connectivity index is 1.67. The monoisotopic (exact) mass is 219 g/mol. The van der Waals surface area contributed by atoms with Gasteiger partial charge in [-0.3, -0.25) is 4.98 Å². The number of hydrogen-bond acceptors (Lipinski definition) is 2. The third-order valence-electron chi connectivity index (χ3n) is 3.60. The maximum Gasteiger partial charge on any atom is 0.0568 e. The van der Waals surface area contributed by atoms with E-state index in [-0.39, 0.29) is 6.10 Å². The van der Waals surface area contributed by atoms with Crippen LogP contribution in [0.25, 0.3) is 0 Å². The van der Waals surface area contributed by atoms with Crippen LogP contribution in [0.4, 0.5) is 0 Å². The molecule has 0 radical (unpaired) electrons. The Morgan fingerprint density at radius 1 is 1.31 bits per heavy atom. The van der Waals surface area contributed by atoms with E-state index in [1.165, 1.54) is 25.7 Å². The molecule has 1 N–H and O–H groups in total. The van der Waals surface area contributed by atoms with Gasteiger partial charge in [0.05, 0.1) is 6.10 Å². The molecule has 16 heavy (non-hydrogen) atoms. The molecule has 1 aliphatic rings. The lowest BCUT2D eigenvalue weighted by atomic mass is 9.96. The SMILES string of the molecule is OC(CCCc1ccccn1)C1CCCC1. The summed E-state index contributed by atoms with van der Waals surface area (Å²) in [7, 11) is 0. The molecule has 0 amide bonds. The van der Waals surface area contributed by atoms with Gasteiger partial charge in [-0.1, -0.05) is 18.9 Å². The molecule has 88 valence electrons. The van der Waals surface area contributed by atoms with Crippen molar-refractivity contribution in [3.8, 4) is 0 Å². The minimum atomic E-state index is -0.0776. The topological polar surface area (TPSA) is 33.1 Å². The lowest BCUT2D eigenvalue weighted by molar-refractivity contribution is 0.0997. The summed E-state index contributed by atoms with van der Waals surface area (Å²) in [6.07, 6.45) is 9.80. The molecular weight excluding hydrogens is 198 g/mol. The van der Waals surface area contributed by atoms with Crippen molar-refractivity contribution in [1.82, 2.24) is 4.98 Å². The molecule has 0 aromatic carbocycles. The van der Waals surface area contributed by atoms with Crippen molar-refractivity contribution in [2.45, 2.75) is 51.0 Å². The van der Waals surface area contributed by atoms with Crippen molar-refractivity contribution >= 4 is 0 Å². The number of nitrogens with zero attached hydrogens (tertiary/aromatic N) is 1. The van der Waals surface area contributed by atoms with Gasteiger partial charge in [0.15, 0.2) is 0 Å². The van der Waals surface area contributed by atoms with Crippen LogP contribution in [0.15, 0.2) is 24.4 Å². The second-order valence-corrected chi connectivity index (χ2v) is 4.83. The highest BCUT2D eigenvalue weighted by Crippen LogP contribution is 2.29. The van der Waals surface area contributed by atoms with E-state index in [1.54, 1.807) is 0 Å². The van der Waals surface area contributed by atoms with Crippen molar-refractivity contribution in [2.75, 3.05) is 0 Å². The fourth-order valence-corrected chi connectivity index (χ4v) is 2.62. The first-order valence-electron chi connectivity index (χ1n) is 6.44. The molecule has 2 rings (SSSR count). The highest BCUT2D eigenvalue weighted by atomic mass is 16.3. The first-order valence-corrected chi connectivity index (χ1v) is 6.44. The molecule has 1 aliphatic carbocycles. The summed E-state index contributed by atoms with van der Waals surface area (Å²) >= 11 is 0. The zero-order valence-electron chi connectivity index (χ0n) is 9.81. The summed E-state index contributed by atoms with van der Waals surface area (Å²) in [5.41, 5.74) is 1.14. The molecule has 1 fully saturated rings. The predicted octanol–water partition coefficient (Wildman–Crippen LogP) is 2.96. The van der Waals surface area contributed by atoms with E-state index in [1.807, 2.05) is 18.3 Å². The third-order valence-corrected chi connectivity index (χ3v) is 3.60. The molecular formula is C14H21NO. The maximum atomic E-state index is 10.0. The maximum absolute atomic E-state index is 10.0. The fraction of sp³-hybridized carbons (Fsp3) is 0.643. The molecule has 2 nitrogen and oxygen atoms in total. The Morgan fingerprint density at radius 3 is 2.81 bits per heavy atom. The number of aromatic nitrogens is 1. The molecule has 1 saturated carbocycles. The van der Waals surface area contributed by atoms with E-state index >= 15 is 0 Å². The van der Waals surface area contributed by atoms with Gasteiger partial charge >= 0.3 is 0 Å². The zero-order chi connectivity index (χ0) is 11.2. The minimum Gasteiger partial charge on any atom is -0.393 e. The number of aryl methyl sites for hydroxylation is 1. The highest BCUT2D eigenvalue weighted by Gasteiger charge is 2.22. The smallest absolute Gasteiger partial charge is 0.0568 e. The molecule has 0 saturated heterocycles. The van der Waals surface area contributed by atoms with Crippen molar-refractivity contribution in [3.63, 3.8) is 0 Å². The summed E-state index contributed by atoms with van der Waals surface area (Å²) in [5.74, 6) is 0.573. The molecule has 0 bridgehead atoms. The minimum absolute atomic E-state index is 0.0776. The summed E-state index contributed by atoms with van der Waals surface area (Å²) in [5, 5.41) is 10.0. The molecule has 1 atom stereocenters. The molecule has 1 unspecified atom stereocenters. The van der Waals surface area contributed by atoms with E-state index in [0.717, 1.165) is 25.0 Å². The predicted molar refractivity (Wildman–Crippen MR) is 65.1 cm³/mol. The Morgan fingerprint density at radius 2 is 2.12 bits per heavy atom. The first kappa shape index (κ1) is 11.6. The van der Waals surface area contributed by atoms with Crippen LogP contribution in [0, 0.1) is 5.92 Å². The van der Waals surface area contributed by atoms with Gasteiger partial charge in [0.2, 0.25) is 0 Å². The standard InChI is InChI=1S/C14H21NO/c16-14(12-6-1-2-7-12)10-5-9-13-8-3-4-11-15-13/h3-4,8,11-12,14,16H,1-2,5-7,9-10H2. The van der Waals surface area contributed by atoms with Gasteiger partial charge in [0.25, 0.3) is 0 Å². The molecule has 0 spiro atoms. The van der Waals surface area contributed by atoms with E-state index in [0.29, 0.717) is 5.92 Å². The molecule has 1 aromatic rings. The second kappa shape index (κ2) is 6.00. The van der Waals surface area contributed by atoms with Crippen molar-refractivity contribution < 1.29 is 5.11 Å². The van der Waals surface area contributed by atoms with Crippen LogP contribution in [-0.4, -0.2) is 16.2 Å². The molecule has 1 heterocycles. The van der Waals surface area contributed by atoms with Crippen LogP contribution in [0.2, 0.25) is 0 Å². The number of aliphatic hydroxyl groups excluding tert-OH is 1. The molecule has 0 aliphatic heterocycles. The summed E-state index contributed by atoms with van der Waals surface area (Å²) in [6, 6.07) is 6.02. The highest BCUT2D eigenvalue weighted by molar-refractivity contribution is 5.03. The number of hydrogen-bond donors (Lipinski definition) is 1. The van der Waals surface area contributed by atoms with Gasteiger partial charge in [-0.15, -0.1) is 0 Å². The van der Waals surface area contributed by atoms with Gasteiger partial charge in [-0.05, 0) is 50.2 Å². The molecule has 1 aromatic heterocycles. The average Bonchev–Trinajstić information content (AvgIpc) is 2.84. The summed E-state index contributed by atoms with van der Waals surface area (Å²) in [4.78, 5) is 4.29. The lowest BCUT2D eigenvalue weighted by Crippen LogP contribution is -2.17. The third kappa shape index (κ3) is 3.31. The van der Waals surface area contributed by atoms with Gasteiger partial charge in [0, 0.05) is 11.9 Å². The van der Waals surface area contributed by atoms with Crippen LogP contribution in [0.5, 0.6) is 0 Å². The lowest BCUT2D eigenvalue weighted by Gasteiger charge is -2.17. The van der Waals surface area contributed by atoms with Gasteiger partial charge in [0.1, 0.15) is 0 Å². The largest absolute Gasteiger partial charge is 0.393 e. The Hall–Kier alpha value is -0.890. The van der Waals surface area contributed by atoms with E-state index in [9.17, 15) is 5.11 Å². The van der Waals surface area contributed by atoms with E-state index in [2.05, 4.69) is 11.1 Å². The number of pyridine rings is 1. The summed E-state index contributed by atoms with van der Waals surface area (Å²) < 4.78 is 0. The van der Waals surface area contributed by atoms with Crippen LogP contribution >= 0.6 is 0 Å². The normalized spacial score (nSPS) is 18.8. The van der Waals surface area contributed by atoms with Crippen LogP contribution < -0.4 is 0 Å². The van der Waals surface area contributed by atoms with E-state index < -0.39 is 0 Å². The van der Waals surface area contributed by atoms with Crippen LogP contribution in [0.1, 0.15) is 44.2 Å². The zero-order valence-corrected chi connectivity index (χ0v) is 9.81. The quantitative estimate of drug-likeness (QED) is 0.826. The van der Waals surface area contributed by atoms with Crippen LogP contribution in [0.3, 0.4) is 0 Å². The average molecular weight is 219 g/mol. The van der Waals surface area contributed by atoms with Crippen LogP contribution in [-0.2, 0) is 6.42 Å². The van der Waals surface area contributed by atoms with Crippen molar-refractivity contribution in [1.29, 1.82) is 0 Å². The van der Waals surface area contributed by atoms with Gasteiger partial charge < -0.3 is 5.11 Å². The Bertz CT molecular complexity index is 293. The first-order chi connectivity index (χ1) is 7.86. The fourth-order valence-electron chi connectivity index (χ4n) is 2.62. The number of aliphatic hydroxyl groups is 1.